The number of hydrogen-bond donors (Lipinski definition) is 3. The van der Waals surface area contributed by atoms with Crippen molar-refractivity contribution >= 4 is 17.6 Å². The van der Waals surface area contributed by atoms with Gasteiger partial charge in [-0.15, -0.1) is 0 Å². The number of amides is 1. The number of ether oxygens (including phenoxy) is 1. The SMILES string of the molecule is CCCC(CN)C(=O)Nc1cc(OC)ccc1C(=O)O. The van der Waals surface area contributed by atoms with E-state index in [-0.39, 0.29) is 29.6 Å². The third-order valence-electron chi connectivity index (χ3n) is 3.01. The molecule has 0 aromatic heterocycles. The second-order valence-electron chi connectivity index (χ2n) is 4.43. The molecule has 20 heavy (non-hydrogen) atoms. The summed E-state index contributed by atoms with van der Waals surface area (Å²) in [6, 6.07) is 4.42. The van der Waals surface area contributed by atoms with Gasteiger partial charge < -0.3 is 20.9 Å². The van der Waals surface area contributed by atoms with E-state index in [1.807, 2.05) is 6.92 Å². The third kappa shape index (κ3) is 3.96. The molecule has 1 aromatic rings. The molecule has 0 fully saturated rings. The molecule has 1 atom stereocenters. The van der Waals surface area contributed by atoms with Gasteiger partial charge in [-0.3, -0.25) is 4.79 Å². The van der Waals surface area contributed by atoms with Gasteiger partial charge in [0.1, 0.15) is 5.75 Å². The molecule has 0 aliphatic carbocycles. The molecule has 4 N–H and O–H groups in total. The van der Waals surface area contributed by atoms with Crippen molar-refractivity contribution in [1.82, 2.24) is 0 Å². The van der Waals surface area contributed by atoms with E-state index in [0.29, 0.717) is 12.2 Å². The molecule has 0 radical (unpaired) electrons. The number of rotatable bonds is 7. The van der Waals surface area contributed by atoms with Gasteiger partial charge >= 0.3 is 5.97 Å². The molecule has 0 saturated carbocycles. The first-order valence-electron chi connectivity index (χ1n) is 6.45. The highest BCUT2D eigenvalue weighted by Gasteiger charge is 2.19. The average molecular weight is 280 g/mol. The fourth-order valence-electron chi connectivity index (χ4n) is 1.88. The summed E-state index contributed by atoms with van der Waals surface area (Å²) in [4.78, 5) is 23.2. The molecule has 6 nitrogen and oxygen atoms in total. The second kappa shape index (κ2) is 7.49. The van der Waals surface area contributed by atoms with Crippen LogP contribution in [0.2, 0.25) is 0 Å². The Bertz CT molecular complexity index is 488. The molecule has 1 aromatic carbocycles. The highest BCUT2D eigenvalue weighted by molar-refractivity contribution is 6.01. The molecule has 110 valence electrons. The van der Waals surface area contributed by atoms with Gasteiger partial charge in [-0.2, -0.15) is 0 Å². The first-order chi connectivity index (χ1) is 9.53. The Morgan fingerprint density at radius 1 is 1.45 bits per heavy atom. The number of anilines is 1. The molecule has 0 saturated heterocycles. The van der Waals surface area contributed by atoms with Crippen LogP contribution in [0.4, 0.5) is 5.69 Å². The second-order valence-corrected chi connectivity index (χ2v) is 4.43. The van der Waals surface area contributed by atoms with Gasteiger partial charge in [0.15, 0.2) is 0 Å². The predicted octanol–water partition coefficient (Wildman–Crippen LogP) is 1.71. The van der Waals surface area contributed by atoms with Crippen LogP contribution in [0.1, 0.15) is 30.1 Å². The van der Waals surface area contributed by atoms with Gasteiger partial charge in [0.05, 0.1) is 24.3 Å². The van der Waals surface area contributed by atoms with Gasteiger partial charge in [-0.1, -0.05) is 13.3 Å². The van der Waals surface area contributed by atoms with Crippen molar-refractivity contribution in [1.29, 1.82) is 0 Å². The van der Waals surface area contributed by atoms with Crippen molar-refractivity contribution in [3.63, 3.8) is 0 Å². The Morgan fingerprint density at radius 3 is 2.65 bits per heavy atom. The summed E-state index contributed by atoms with van der Waals surface area (Å²) in [5, 5.41) is 11.7. The molecule has 0 aliphatic rings. The lowest BCUT2D eigenvalue weighted by molar-refractivity contribution is -0.119. The molecular weight excluding hydrogens is 260 g/mol. The molecule has 0 bridgehead atoms. The summed E-state index contributed by atoms with van der Waals surface area (Å²) >= 11 is 0. The van der Waals surface area contributed by atoms with Crippen molar-refractivity contribution in [2.24, 2.45) is 11.7 Å². The average Bonchev–Trinajstić information content (AvgIpc) is 2.44. The zero-order valence-electron chi connectivity index (χ0n) is 11.7. The Kier molecular flexibility index (Phi) is 5.99. The summed E-state index contributed by atoms with van der Waals surface area (Å²) in [7, 11) is 1.47. The van der Waals surface area contributed by atoms with Crippen molar-refractivity contribution in [3.8, 4) is 5.75 Å². The molecule has 1 unspecified atom stereocenters. The van der Waals surface area contributed by atoms with E-state index >= 15 is 0 Å². The van der Waals surface area contributed by atoms with E-state index in [2.05, 4.69) is 5.32 Å². The van der Waals surface area contributed by atoms with Crippen LogP contribution < -0.4 is 15.8 Å². The lowest BCUT2D eigenvalue weighted by Crippen LogP contribution is -2.29. The van der Waals surface area contributed by atoms with Crippen LogP contribution in [0.5, 0.6) is 5.75 Å². The van der Waals surface area contributed by atoms with Gasteiger partial charge in [-0.05, 0) is 18.6 Å². The molecule has 1 rings (SSSR count). The van der Waals surface area contributed by atoms with E-state index in [0.717, 1.165) is 6.42 Å². The molecular formula is C14H20N2O4. The van der Waals surface area contributed by atoms with Crippen LogP contribution >= 0.6 is 0 Å². The van der Waals surface area contributed by atoms with E-state index < -0.39 is 5.97 Å². The number of benzene rings is 1. The number of nitrogens with one attached hydrogen (secondary N) is 1. The van der Waals surface area contributed by atoms with E-state index in [1.165, 1.54) is 25.3 Å². The van der Waals surface area contributed by atoms with Gasteiger partial charge in [0.25, 0.3) is 0 Å². The minimum atomic E-state index is -1.11. The smallest absolute Gasteiger partial charge is 0.337 e. The van der Waals surface area contributed by atoms with Gasteiger partial charge in [0.2, 0.25) is 5.91 Å². The molecule has 0 aliphatic heterocycles. The predicted molar refractivity (Wildman–Crippen MR) is 76.0 cm³/mol. The number of carbonyl (C=O) groups excluding carboxylic acids is 1. The first kappa shape index (κ1) is 16.0. The van der Waals surface area contributed by atoms with Crippen LogP contribution in [0, 0.1) is 5.92 Å². The largest absolute Gasteiger partial charge is 0.497 e. The first-order valence-corrected chi connectivity index (χ1v) is 6.45. The maximum absolute atomic E-state index is 12.1. The van der Waals surface area contributed by atoms with E-state index in [4.69, 9.17) is 15.6 Å². The van der Waals surface area contributed by atoms with Crippen LogP contribution in [0.15, 0.2) is 18.2 Å². The fraction of sp³-hybridized carbons (Fsp3) is 0.429. The lowest BCUT2D eigenvalue weighted by atomic mass is 10.0. The summed E-state index contributed by atoms with van der Waals surface area (Å²) in [5.74, 6) is -1.23. The zero-order chi connectivity index (χ0) is 15.1. The number of nitrogens with two attached hydrogens (primary N) is 1. The summed E-state index contributed by atoms with van der Waals surface area (Å²) in [6.07, 6.45) is 1.49. The quantitative estimate of drug-likeness (QED) is 0.705. The topological polar surface area (TPSA) is 102 Å². The van der Waals surface area contributed by atoms with Crippen LogP contribution in [-0.2, 0) is 4.79 Å². The number of carboxylic acids is 1. The van der Waals surface area contributed by atoms with Gasteiger partial charge in [0, 0.05) is 12.6 Å². The van der Waals surface area contributed by atoms with E-state index in [9.17, 15) is 9.59 Å². The van der Waals surface area contributed by atoms with Gasteiger partial charge in [-0.25, -0.2) is 4.79 Å². The normalized spacial score (nSPS) is 11.8. The molecule has 1 amide bonds. The Balaban J connectivity index is 2.99. The van der Waals surface area contributed by atoms with Crippen molar-refractivity contribution in [2.45, 2.75) is 19.8 Å². The summed E-state index contributed by atoms with van der Waals surface area (Å²) in [5.41, 5.74) is 5.80. The highest BCUT2D eigenvalue weighted by Crippen LogP contribution is 2.23. The van der Waals surface area contributed by atoms with Crippen LogP contribution in [0.25, 0.3) is 0 Å². The fourth-order valence-corrected chi connectivity index (χ4v) is 1.88. The maximum Gasteiger partial charge on any atom is 0.337 e. The van der Waals surface area contributed by atoms with Crippen molar-refractivity contribution in [3.05, 3.63) is 23.8 Å². The molecule has 6 heteroatoms. The number of aromatic carboxylic acids is 1. The molecule has 0 spiro atoms. The Hall–Kier alpha value is -2.08. The van der Waals surface area contributed by atoms with Crippen molar-refractivity contribution < 1.29 is 19.4 Å². The Morgan fingerprint density at radius 2 is 2.15 bits per heavy atom. The summed E-state index contributed by atoms with van der Waals surface area (Å²) < 4.78 is 5.04. The maximum atomic E-state index is 12.1. The summed E-state index contributed by atoms with van der Waals surface area (Å²) in [6.45, 7) is 2.19. The third-order valence-corrected chi connectivity index (χ3v) is 3.01. The van der Waals surface area contributed by atoms with Crippen LogP contribution in [0.3, 0.4) is 0 Å². The number of carboxylic acid groups (broad SMARTS) is 1. The number of methoxy groups -OCH3 is 1. The standard InChI is InChI=1S/C14H20N2O4/c1-3-4-9(8-15)13(17)16-12-7-10(20-2)5-6-11(12)14(18)19/h5-7,9H,3-4,8,15H2,1-2H3,(H,16,17)(H,18,19). The van der Waals surface area contributed by atoms with Crippen molar-refractivity contribution in [2.75, 3.05) is 19.0 Å². The number of carbonyl (C=O) groups is 2. The minimum absolute atomic E-state index is 0.0198. The van der Waals surface area contributed by atoms with E-state index in [1.54, 1.807) is 0 Å². The highest BCUT2D eigenvalue weighted by atomic mass is 16.5. The molecule has 0 heterocycles. The lowest BCUT2D eigenvalue weighted by Gasteiger charge is -2.15. The van der Waals surface area contributed by atoms with Crippen LogP contribution in [-0.4, -0.2) is 30.6 Å². The number of hydrogen-bond acceptors (Lipinski definition) is 4. The zero-order valence-corrected chi connectivity index (χ0v) is 11.7. The minimum Gasteiger partial charge on any atom is -0.497 e. The monoisotopic (exact) mass is 280 g/mol. The Labute approximate surface area is 117 Å².